The number of nitrogens with one attached hydrogen (secondary N) is 1. The number of rotatable bonds is 3. The normalized spacial score (nSPS) is 10.3. The average molecular weight is 162 g/mol. The first-order chi connectivity index (χ1) is 5.77. The molecule has 0 saturated carbocycles. The molecular formula is C8H10N4. The molecular weight excluding hydrogens is 152 g/mol. The second kappa shape index (κ2) is 3.52. The monoisotopic (exact) mass is 162 g/mol. The number of aromatic nitrogens is 2. The van der Waals surface area contributed by atoms with Gasteiger partial charge in [-0.15, -0.1) is 0 Å². The summed E-state index contributed by atoms with van der Waals surface area (Å²) in [6.45, 7) is 7.08. The lowest BCUT2D eigenvalue weighted by Crippen LogP contribution is -1.84. The molecule has 0 unspecified atom stereocenters. The topological polar surface area (TPSA) is 67.1 Å². The maximum absolute atomic E-state index is 5.41. The van der Waals surface area contributed by atoms with Crippen molar-refractivity contribution in [1.82, 2.24) is 9.97 Å². The molecule has 1 aromatic heterocycles. The van der Waals surface area contributed by atoms with Crippen LogP contribution < -0.4 is 5.73 Å². The number of aromatic amines is 1. The predicted molar refractivity (Wildman–Crippen MR) is 51.4 cm³/mol. The number of anilines is 1. The van der Waals surface area contributed by atoms with Crippen molar-refractivity contribution in [2.24, 2.45) is 4.99 Å². The zero-order valence-electron chi connectivity index (χ0n) is 6.62. The third kappa shape index (κ3) is 1.60. The van der Waals surface area contributed by atoms with Gasteiger partial charge in [-0.25, -0.2) is 4.99 Å². The number of nitrogen functional groups attached to an aromatic ring is 1. The molecule has 0 amide bonds. The molecule has 1 heterocycles. The second-order valence-electron chi connectivity index (χ2n) is 2.08. The minimum Gasteiger partial charge on any atom is -0.369 e. The highest BCUT2D eigenvalue weighted by atomic mass is 15.1. The van der Waals surface area contributed by atoms with Crippen LogP contribution >= 0.6 is 0 Å². The first-order valence-corrected chi connectivity index (χ1v) is 3.41. The van der Waals surface area contributed by atoms with Crippen LogP contribution in [0.25, 0.3) is 6.08 Å². The van der Waals surface area contributed by atoms with Crippen LogP contribution in [0.3, 0.4) is 0 Å². The third-order valence-corrected chi connectivity index (χ3v) is 1.24. The maximum atomic E-state index is 5.41. The van der Waals surface area contributed by atoms with Crippen LogP contribution in [0.4, 0.5) is 11.8 Å². The highest BCUT2D eigenvalue weighted by molar-refractivity contribution is 5.75. The first-order valence-electron chi connectivity index (χ1n) is 3.41. The van der Waals surface area contributed by atoms with Gasteiger partial charge in [0.15, 0.2) is 11.8 Å². The Bertz CT molecular complexity index is 322. The van der Waals surface area contributed by atoms with Gasteiger partial charge in [0.25, 0.3) is 0 Å². The Morgan fingerprint density at radius 3 is 2.83 bits per heavy atom. The Kier molecular flexibility index (Phi) is 2.42. The summed E-state index contributed by atoms with van der Waals surface area (Å²) in [5.41, 5.74) is 6.13. The number of hydrogen-bond donors (Lipinski definition) is 2. The number of H-pyrrole nitrogens is 1. The summed E-state index contributed by atoms with van der Waals surface area (Å²) < 4.78 is 0. The van der Waals surface area contributed by atoms with E-state index in [2.05, 4.69) is 28.1 Å². The van der Waals surface area contributed by atoms with Crippen molar-refractivity contribution in [3.63, 3.8) is 0 Å². The van der Waals surface area contributed by atoms with Gasteiger partial charge in [-0.1, -0.05) is 19.2 Å². The lowest BCUT2D eigenvalue weighted by Gasteiger charge is -1.85. The van der Waals surface area contributed by atoms with E-state index in [0.29, 0.717) is 17.5 Å². The van der Waals surface area contributed by atoms with Crippen LogP contribution in [0.1, 0.15) is 5.69 Å². The standard InChI is InChI=1S/C8H10N4/c1-3-5-10-7-6(4-2)11-8(9)12-7/h3-5H,1-2H2,(H3,9,11,12). The van der Waals surface area contributed by atoms with Crippen molar-refractivity contribution in [1.29, 1.82) is 0 Å². The maximum Gasteiger partial charge on any atom is 0.200 e. The van der Waals surface area contributed by atoms with Gasteiger partial charge in [-0.3, -0.25) is 0 Å². The van der Waals surface area contributed by atoms with Crippen LogP contribution in [0.2, 0.25) is 0 Å². The van der Waals surface area contributed by atoms with Gasteiger partial charge >= 0.3 is 0 Å². The Balaban J connectivity index is 3.04. The summed E-state index contributed by atoms with van der Waals surface area (Å²) in [5, 5.41) is 0. The predicted octanol–water partition coefficient (Wildman–Crippen LogP) is 1.52. The van der Waals surface area contributed by atoms with Gasteiger partial charge < -0.3 is 10.7 Å². The molecule has 4 nitrogen and oxygen atoms in total. The molecule has 0 aliphatic carbocycles. The van der Waals surface area contributed by atoms with E-state index >= 15 is 0 Å². The van der Waals surface area contributed by atoms with Gasteiger partial charge in [0, 0.05) is 6.21 Å². The lowest BCUT2D eigenvalue weighted by molar-refractivity contribution is 1.31. The minimum atomic E-state index is 0.334. The average Bonchev–Trinajstić information content (AvgIpc) is 2.42. The molecule has 1 aromatic rings. The van der Waals surface area contributed by atoms with Crippen LogP contribution in [0.5, 0.6) is 0 Å². The number of allylic oxidation sites excluding steroid dienone is 1. The van der Waals surface area contributed by atoms with E-state index in [1.165, 1.54) is 0 Å². The van der Waals surface area contributed by atoms with E-state index in [-0.39, 0.29) is 0 Å². The summed E-state index contributed by atoms with van der Waals surface area (Å²) in [6.07, 6.45) is 4.72. The fraction of sp³-hybridized carbons (Fsp3) is 0. The molecule has 0 saturated heterocycles. The van der Waals surface area contributed by atoms with E-state index < -0.39 is 0 Å². The van der Waals surface area contributed by atoms with Crippen molar-refractivity contribution < 1.29 is 0 Å². The van der Waals surface area contributed by atoms with E-state index in [0.717, 1.165) is 0 Å². The minimum absolute atomic E-state index is 0.334. The smallest absolute Gasteiger partial charge is 0.200 e. The molecule has 0 aliphatic heterocycles. The summed E-state index contributed by atoms with van der Waals surface area (Å²) >= 11 is 0. The van der Waals surface area contributed by atoms with Crippen LogP contribution in [0.15, 0.2) is 24.2 Å². The molecule has 0 radical (unpaired) electrons. The third-order valence-electron chi connectivity index (χ3n) is 1.24. The Morgan fingerprint density at radius 2 is 2.25 bits per heavy atom. The van der Waals surface area contributed by atoms with Gasteiger partial charge in [0.1, 0.15) is 0 Å². The molecule has 3 N–H and O–H groups in total. The number of nitrogens with zero attached hydrogens (tertiary/aromatic N) is 2. The molecule has 0 atom stereocenters. The lowest BCUT2D eigenvalue weighted by atomic mass is 10.4. The molecule has 0 spiro atoms. The summed E-state index contributed by atoms with van der Waals surface area (Å²) in [4.78, 5) is 10.7. The van der Waals surface area contributed by atoms with Crippen LogP contribution in [0, 0.1) is 0 Å². The Hall–Kier alpha value is -1.84. The fourth-order valence-corrected chi connectivity index (χ4v) is 0.760. The van der Waals surface area contributed by atoms with Gasteiger partial charge in [-0.05, 0) is 6.08 Å². The molecule has 12 heavy (non-hydrogen) atoms. The second-order valence-corrected chi connectivity index (χ2v) is 2.08. The SMILES string of the molecule is C=CC=Nc1nc(N)[nH]c1C=C. The Morgan fingerprint density at radius 1 is 1.50 bits per heavy atom. The van der Waals surface area contributed by atoms with Crippen molar-refractivity contribution in [3.8, 4) is 0 Å². The van der Waals surface area contributed by atoms with E-state index in [4.69, 9.17) is 5.73 Å². The molecule has 62 valence electrons. The van der Waals surface area contributed by atoms with Crippen molar-refractivity contribution >= 4 is 24.1 Å². The highest BCUT2D eigenvalue weighted by Crippen LogP contribution is 2.17. The zero-order valence-corrected chi connectivity index (χ0v) is 6.62. The summed E-state index contributed by atoms with van der Waals surface area (Å²) in [7, 11) is 0. The summed E-state index contributed by atoms with van der Waals surface area (Å²) in [5.74, 6) is 0.864. The van der Waals surface area contributed by atoms with Crippen LogP contribution in [-0.4, -0.2) is 16.2 Å². The van der Waals surface area contributed by atoms with Crippen molar-refractivity contribution in [2.75, 3.05) is 5.73 Å². The number of nitrogens with two attached hydrogens (primary N) is 1. The molecule has 0 bridgehead atoms. The molecule has 0 aromatic carbocycles. The first kappa shape index (κ1) is 8.26. The van der Waals surface area contributed by atoms with E-state index in [9.17, 15) is 0 Å². The molecule has 4 heteroatoms. The Labute approximate surface area is 70.5 Å². The number of imidazole rings is 1. The molecule has 1 rings (SSSR count). The van der Waals surface area contributed by atoms with E-state index in [1.807, 2.05) is 0 Å². The zero-order chi connectivity index (χ0) is 8.97. The number of aliphatic imine (C=N–C) groups is 1. The van der Waals surface area contributed by atoms with Gasteiger partial charge in [0.05, 0.1) is 5.69 Å². The summed E-state index contributed by atoms with van der Waals surface area (Å²) in [6, 6.07) is 0. The van der Waals surface area contributed by atoms with Crippen molar-refractivity contribution in [3.05, 3.63) is 24.9 Å². The van der Waals surface area contributed by atoms with E-state index in [1.54, 1.807) is 18.4 Å². The number of hydrogen-bond acceptors (Lipinski definition) is 3. The van der Waals surface area contributed by atoms with Gasteiger partial charge in [0.2, 0.25) is 0 Å². The van der Waals surface area contributed by atoms with Gasteiger partial charge in [-0.2, -0.15) is 4.98 Å². The highest BCUT2D eigenvalue weighted by Gasteiger charge is 2.01. The van der Waals surface area contributed by atoms with Crippen LogP contribution in [-0.2, 0) is 0 Å². The molecule has 0 aliphatic rings. The quantitative estimate of drug-likeness (QED) is 0.662. The fourth-order valence-electron chi connectivity index (χ4n) is 0.760. The van der Waals surface area contributed by atoms with Crippen molar-refractivity contribution in [2.45, 2.75) is 0 Å². The largest absolute Gasteiger partial charge is 0.369 e. The molecule has 0 fully saturated rings.